The normalized spacial score (nSPS) is 10.7. The van der Waals surface area contributed by atoms with Crippen LogP contribution in [0, 0.1) is 0 Å². The third kappa shape index (κ3) is 9.14. The molecule has 3 aromatic carbocycles. The molecule has 2 amide bonds. The van der Waals surface area contributed by atoms with Gasteiger partial charge in [-0.3, -0.25) is 9.59 Å². The molecule has 3 aromatic rings. The molecule has 3 rings (SSSR count). The Morgan fingerprint density at radius 2 is 1.66 bits per heavy atom. The van der Waals surface area contributed by atoms with E-state index in [1.54, 1.807) is 36.4 Å². The molecule has 0 aliphatic rings. The van der Waals surface area contributed by atoms with Gasteiger partial charge in [0, 0.05) is 22.3 Å². The zero-order valence-corrected chi connectivity index (χ0v) is 20.3. The van der Waals surface area contributed by atoms with Gasteiger partial charge in [-0.05, 0) is 60.5 Å². The zero-order chi connectivity index (χ0) is 24.9. The minimum Gasteiger partial charge on any atom is -0.462 e. The van der Waals surface area contributed by atoms with Gasteiger partial charge >= 0.3 is 5.97 Å². The molecular weight excluding hydrogens is 460 g/mol. The van der Waals surface area contributed by atoms with E-state index in [-0.39, 0.29) is 23.5 Å². The minimum atomic E-state index is -0.366. The lowest BCUT2D eigenvalue weighted by Gasteiger charge is -2.08. The monoisotopic (exact) mass is 488 g/mol. The first-order valence-corrected chi connectivity index (χ1v) is 12.4. The highest BCUT2D eigenvalue weighted by Crippen LogP contribution is 2.22. The highest BCUT2D eigenvalue weighted by atomic mass is 32.2. The molecule has 0 aliphatic carbocycles. The number of ether oxygens (including phenoxy) is 1. The van der Waals surface area contributed by atoms with Crippen LogP contribution in [0.15, 0.2) is 89.8 Å². The van der Waals surface area contributed by atoms with Crippen LogP contribution >= 0.6 is 11.8 Å². The molecule has 6 nitrogen and oxygen atoms in total. The van der Waals surface area contributed by atoms with E-state index in [4.69, 9.17) is 4.74 Å². The first-order chi connectivity index (χ1) is 17.0. The molecular formula is C28H28N2O4S. The molecule has 0 atom stereocenters. The van der Waals surface area contributed by atoms with E-state index < -0.39 is 0 Å². The fourth-order valence-electron chi connectivity index (χ4n) is 3.01. The van der Waals surface area contributed by atoms with E-state index in [1.165, 1.54) is 17.8 Å². The van der Waals surface area contributed by atoms with Crippen molar-refractivity contribution in [1.29, 1.82) is 0 Å². The predicted octanol–water partition coefficient (Wildman–Crippen LogP) is 6.03. The Morgan fingerprint density at radius 3 is 2.40 bits per heavy atom. The van der Waals surface area contributed by atoms with Gasteiger partial charge in [0.25, 0.3) is 0 Å². The van der Waals surface area contributed by atoms with Gasteiger partial charge in [-0.2, -0.15) is 0 Å². The summed E-state index contributed by atoms with van der Waals surface area (Å²) in [7, 11) is 0. The Morgan fingerprint density at radius 1 is 0.886 bits per heavy atom. The summed E-state index contributed by atoms with van der Waals surface area (Å²) in [6.45, 7) is 2.43. The van der Waals surface area contributed by atoms with Crippen molar-refractivity contribution in [3.8, 4) is 0 Å². The second-order valence-electron chi connectivity index (χ2n) is 7.66. The molecule has 0 spiro atoms. The maximum absolute atomic E-state index is 12.4. The molecule has 0 saturated heterocycles. The Balaban J connectivity index is 1.46. The van der Waals surface area contributed by atoms with E-state index in [0.717, 1.165) is 23.3 Å². The number of nitrogens with one attached hydrogen (secondary N) is 2. The fourth-order valence-corrected chi connectivity index (χ4v) is 3.77. The fraction of sp³-hybridized carbons (Fsp3) is 0.179. The highest BCUT2D eigenvalue weighted by Gasteiger charge is 2.09. The first kappa shape index (κ1) is 25.8. The maximum atomic E-state index is 12.4. The molecule has 7 heteroatoms. The van der Waals surface area contributed by atoms with E-state index >= 15 is 0 Å². The van der Waals surface area contributed by atoms with Crippen molar-refractivity contribution >= 4 is 47.0 Å². The van der Waals surface area contributed by atoms with E-state index in [1.807, 2.05) is 55.5 Å². The summed E-state index contributed by atoms with van der Waals surface area (Å²) in [6.07, 6.45) is 5.03. The van der Waals surface area contributed by atoms with Crippen LogP contribution in [0.3, 0.4) is 0 Å². The SMILES string of the molecule is CCCCOC(=O)c1ccc(NC(=O)CSc2cccc(NC(=O)/C=C/c3ccccc3)c2)cc1. The van der Waals surface area contributed by atoms with E-state index in [9.17, 15) is 14.4 Å². The lowest BCUT2D eigenvalue weighted by Crippen LogP contribution is -2.14. The van der Waals surface area contributed by atoms with Crippen LogP contribution in [0.25, 0.3) is 6.08 Å². The average Bonchev–Trinajstić information content (AvgIpc) is 2.88. The zero-order valence-electron chi connectivity index (χ0n) is 19.5. The largest absolute Gasteiger partial charge is 0.462 e. The van der Waals surface area contributed by atoms with Crippen molar-refractivity contribution < 1.29 is 19.1 Å². The lowest BCUT2D eigenvalue weighted by atomic mass is 10.2. The highest BCUT2D eigenvalue weighted by molar-refractivity contribution is 8.00. The van der Waals surface area contributed by atoms with Crippen LogP contribution in [0.2, 0.25) is 0 Å². The van der Waals surface area contributed by atoms with Crippen LogP contribution in [0.4, 0.5) is 11.4 Å². The molecule has 35 heavy (non-hydrogen) atoms. The Hall–Kier alpha value is -3.84. The maximum Gasteiger partial charge on any atom is 0.338 e. The molecule has 0 fully saturated rings. The standard InChI is InChI=1S/C28H28N2O4S/c1-2-3-18-34-28(33)22-13-15-23(16-14-22)29-27(32)20-35-25-11-7-10-24(19-25)30-26(31)17-12-21-8-5-4-6-9-21/h4-17,19H,2-3,18,20H2,1H3,(H,29,32)(H,30,31)/b17-12+. The Labute approximate surface area is 209 Å². The molecule has 0 saturated carbocycles. The first-order valence-electron chi connectivity index (χ1n) is 11.4. The average molecular weight is 489 g/mol. The van der Waals surface area contributed by atoms with Gasteiger partial charge in [0.15, 0.2) is 0 Å². The second kappa shape index (κ2) is 13.8. The second-order valence-corrected chi connectivity index (χ2v) is 8.71. The van der Waals surface area contributed by atoms with Crippen molar-refractivity contribution in [3.63, 3.8) is 0 Å². The predicted molar refractivity (Wildman–Crippen MR) is 142 cm³/mol. The summed E-state index contributed by atoms with van der Waals surface area (Å²) in [5, 5.41) is 5.65. The van der Waals surface area contributed by atoms with Crippen LogP contribution in [0.5, 0.6) is 0 Å². The number of unbranched alkanes of at least 4 members (excludes halogenated alkanes) is 1. The Bertz CT molecular complexity index is 1160. The number of carbonyl (C=O) groups is 3. The van der Waals surface area contributed by atoms with Crippen molar-refractivity contribution in [1.82, 2.24) is 0 Å². The van der Waals surface area contributed by atoms with Gasteiger partial charge in [0.05, 0.1) is 17.9 Å². The molecule has 0 heterocycles. The molecule has 0 unspecified atom stereocenters. The van der Waals surface area contributed by atoms with Gasteiger partial charge < -0.3 is 15.4 Å². The molecule has 180 valence electrons. The third-order valence-electron chi connectivity index (χ3n) is 4.83. The van der Waals surface area contributed by atoms with Crippen LogP contribution in [-0.4, -0.2) is 30.1 Å². The topological polar surface area (TPSA) is 84.5 Å². The number of hydrogen-bond acceptors (Lipinski definition) is 5. The van der Waals surface area contributed by atoms with Crippen molar-refractivity contribution in [2.45, 2.75) is 24.7 Å². The lowest BCUT2D eigenvalue weighted by molar-refractivity contribution is -0.114. The molecule has 0 aliphatic heterocycles. The minimum absolute atomic E-state index is 0.173. The number of benzene rings is 3. The van der Waals surface area contributed by atoms with E-state index in [0.29, 0.717) is 23.5 Å². The van der Waals surface area contributed by atoms with Crippen molar-refractivity contribution in [2.75, 3.05) is 23.0 Å². The van der Waals surface area contributed by atoms with Gasteiger partial charge in [-0.15, -0.1) is 11.8 Å². The molecule has 0 aromatic heterocycles. The van der Waals surface area contributed by atoms with Gasteiger partial charge in [0.2, 0.25) is 11.8 Å². The molecule has 0 radical (unpaired) electrons. The quantitative estimate of drug-likeness (QED) is 0.149. The number of anilines is 2. The van der Waals surface area contributed by atoms with Gasteiger partial charge in [-0.1, -0.05) is 49.7 Å². The Kier molecular flexibility index (Phi) is 10.1. The number of rotatable bonds is 11. The van der Waals surface area contributed by atoms with Crippen molar-refractivity contribution in [3.05, 3.63) is 96.1 Å². The molecule has 2 N–H and O–H groups in total. The van der Waals surface area contributed by atoms with Crippen LogP contribution in [0.1, 0.15) is 35.7 Å². The van der Waals surface area contributed by atoms with Crippen LogP contribution in [-0.2, 0) is 14.3 Å². The summed E-state index contributed by atoms with van der Waals surface area (Å²) in [5.41, 5.74) is 2.65. The number of hydrogen-bond donors (Lipinski definition) is 2. The molecule has 0 bridgehead atoms. The summed E-state index contributed by atoms with van der Waals surface area (Å²) in [5.74, 6) is -0.569. The van der Waals surface area contributed by atoms with Crippen molar-refractivity contribution in [2.24, 2.45) is 0 Å². The number of carbonyl (C=O) groups excluding carboxylic acids is 3. The summed E-state index contributed by atoms with van der Waals surface area (Å²) in [4.78, 5) is 37.4. The third-order valence-corrected chi connectivity index (χ3v) is 5.83. The smallest absolute Gasteiger partial charge is 0.338 e. The van der Waals surface area contributed by atoms with Crippen LogP contribution < -0.4 is 10.6 Å². The number of amides is 2. The number of esters is 1. The summed E-state index contributed by atoms with van der Waals surface area (Å²) < 4.78 is 5.18. The van der Waals surface area contributed by atoms with E-state index in [2.05, 4.69) is 10.6 Å². The van der Waals surface area contributed by atoms with Gasteiger partial charge in [0.1, 0.15) is 0 Å². The summed E-state index contributed by atoms with van der Waals surface area (Å²) >= 11 is 1.36. The van der Waals surface area contributed by atoms with Gasteiger partial charge in [-0.25, -0.2) is 4.79 Å². The summed E-state index contributed by atoms with van der Waals surface area (Å²) in [6, 6.07) is 23.5. The number of thioether (sulfide) groups is 1.